The van der Waals surface area contributed by atoms with Crippen LogP contribution in [0.3, 0.4) is 0 Å². The van der Waals surface area contributed by atoms with E-state index in [0.717, 1.165) is 12.0 Å². The molecule has 170 valence electrons. The lowest BCUT2D eigenvalue weighted by atomic mass is 10.1. The second-order valence-corrected chi connectivity index (χ2v) is 7.89. The summed E-state index contributed by atoms with van der Waals surface area (Å²) in [5.41, 5.74) is 2.58. The van der Waals surface area contributed by atoms with Crippen LogP contribution in [0.4, 0.5) is 5.69 Å². The molecule has 6 nitrogen and oxygen atoms in total. The first-order valence-electron chi connectivity index (χ1n) is 10.7. The van der Waals surface area contributed by atoms with Gasteiger partial charge in [0.1, 0.15) is 5.75 Å². The third-order valence-corrected chi connectivity index (χ3v) is 5.00. The number of nitrogens with one attached hydrogen (secondary N) is 2. The second kappa shape index (κ2) is 11.8. The van der Waals surface area contributed by atoms with E-state index in [2.05, 4.69) is 10.6 Å². The van der Waals surface area contributed by atoms with E-state index in [0.29, 0.717) is 35.7 Å². The van der Waals surface area contributed by atoms with E-state index in [4.69, 9.17) is 17.0 Å². The number of amides is 2. The van der Waals surface area contributed by atoms with Crippen LogP contribution in [0.5, 0.6) is 5.75 Å². The third-order valence-electron chi connectivity index (χ3n) is 4.80. The average molecular weight is 462 g/mol. The van der Waals surface area contributed by atoms with Crippen LogP contribution in [-0.2, 0) is 6.54 Å². The van der Waals surface area contributed by atoms with Crippen molar-refractivity contribution in [3.05, 3.63) is 95.6 Å². The lowest BCUT2D eigenvalue weighted by Gasteiger charge is -2.18. The number of benzene rings is 3. The maximum atomic E-state index is 12.9. The van der Waals surface area contributed by atoms with Gasteiger partial charge in [-0.05, 0) is 54.5 Å². The van der Waals surface area contributed by atoms with Crippen LogP contribution in [0.1, 0.15) is 39.6 Å². The van der Waals surface area contributed by atoms with Gasteiger partial charge in [-0.2, -0.15) is 0 Å². The third kappa shape index (κ3) is 6.89. The Balaban J connectivity index is 1.62. The molecule has 0 unspecified atom stereocenters. The lowest BCUT2D eigenvalue weighted by molar-refractivity contribution is 0.0785. The molecule has 0 aromatic heterocycles. The summed E-state index contributed by atoms with van der Waals surface area (Å²) < 4.78 is 5.65. The smallest absolute Gasteiger partial charge is 0.261 e. The molecule has 3 aromatic carbocycles. The van der Waals surface area contributed by atoms with E-state index in [-0.39, 0.29) is 16.9 Å². The van der Waals surface area contributed by atoms with Gasteiger partial charge in [-0.1, -0.05) is 55.5 Å². The Labute approximate surface area is 199 Å². The highest BCUT2D eigenvalue weighted by Crippen LogP contribution is 2.18. The maximum Gasteiger partial charge on any atom is 0.261 e. The Morgan fingerprint density at radius 1 is 0.970 bits per heavy atom. The van der Waals surface area contributed by atoms with Gasteiger partial charge < -0.3 is 15.0 Å². The summed E-state index contributed by atoms with van der Waals surface area (Å²) in [6, 6.07) is 23.8. The van der Waals surface area contributed by atoms with Gasteiger partial charge in [0.05, 0.1) is 12.2 Å². The van der Waals surface area contributed by atoms with Crippen LogP contribution >= 0.6 is 12.2 Å². The number of rotatable bonds is 8. The molecule has 0 bridgehead atoms. The molecule has 33 heavy (non-hydrogen) atoms. The minimum Gasteiger partial charge on any atom is -0.493 e. The summed E-state index contributed by atoms with van der Waals surface area (Å²) in [5, 5.41) is 5.78. The molecule has 0 aliphatic carbocycles. The molecule has 3 aromatic rings. The van der Waals surface area contributed by atoms with Crippen LogP contribution < -0.4 is 15.4 Å². The molecule has 0 saturated heterocycles. The largest absolute Gasteiger partial charge is 0.493 e. The quantitative estimate of drug-likeness (QED) is 0.468. The zero-order chi connectivity index (χ0) is 23.6. The molecule has 2 N–H and O–H groups in total. The van der Waals surface area contributed by atoms with Crippen LogP contribution in [0, 0.1) is 0 Å². The molecular weight excluding hydrogens is 434 g/mol. The van der Waals surface area contributed by atoms with Crippen molar-refractivity contribution in [3.8, 4) is 5.75 Å². The fourth-order valence-corrected chi connectivity index (χ4v) is 3.41. The number of hydrogen-bond acceptors (Lipinski definition) is 4. The van der Waals surface area contributed by atoms with E-state index < -0.39 is 0 Å². The molecule has 0 spiro atoms. The van der Waals surface area contributed by atoms with Gasteiger partial charge >= 0.3 is 0 Å². The normalized spacial score (nSPS) is 10.2. The molecule has 3 rings (SSSR count). The number of ether oxygens (including phenoxy) is 1. The second-order valence-electron chi connectivity index (χ2n) is 7.48. The fraction of sp³-hybridized carbons (Fsp3) is 0.192. The summed E-state index contributed by atoms with van der Waals surface area (Å²) in [7, 11) is 1.76. The predicted octanol–water partition coefficient (Wildman–Crippen LogP) is 4.87. The molecule has 2 amide bonds. The number of thiocarbonyl (C=S) groups is 1. The first-order valence-corrected chi connectivity index (χ1v) is 11.1. The molecule has 0 heterocycles. The van der Waals surface area contributed by atoms with Crippen molar-refractivity contribution < 1.29 is 14.3 Å². The van der Waals surface area contributed by atoms with Crippen molar-refractivity contribution in [2.45, 2.75) is 19.9 Å². The minimum atomic E-state index is -0.367. The highest BCUT2D eigenvalue weighted by molar-refractivity contribution is 7.80. The van der Waals surface area contributed by atoms with Gasteiger partial charge in [0.2, 0.25) is 0 Å². The number of hydrogen-bond donors (Lipinski definition) is 2. The van der Waals surface area contributed by atoms with E-state index in [1.165, 1.54) is 0 Å². The van der Waals surface area contributed by atoms with Crippen molar-refractivity contribution in [3.63, 3.8) is 0 Å². The first kappa shape index (κ1) is 23.9. The SMILES string of the molecule is CCCOc1ccccc1C(=O)NC(=S)Nc1cccc(C(=O)N(C)Cc2ccccc2)c1. The van der Waals surface area contributed by atoms with Gasteiger partial charge in [0.25, 0.3) is 11.8 Å². The maximum absolute atomic E-state index is 12.9. The van der Waals surface area contributed by atoms with Crippen LogP contribution in [0.2, 0.25) is 0 Å². The summed E-state index contributed by atoms with van der Waals surface area (Å²) in [6.45, 7) is 3.03. The zero-order valence-electron chi connectivity index (χ0n) is 18.7. The summed E-state index contributed by atoms with van der Waals surface area (Å²) >= 11 is 5.31. The van der Waals surface area contributed by atoms with Crippen LogP contribution in [0.15, 0.2) is 78.9 Å². The van der Waals surface area contributed by atoms with Gasteiger partial charge in [-0.25, -0.2) is 0 Å². The summed E-state index contributed by atoms with van der Waals surface area (Å²) in [6.07, 6.45) is 0.839. The predicted molar refractivity (Wildman–Crippen MR) is 135 cm³/mol. The van der Waals surface area contributed by atoms with Gasteiger partial charge in [-0.3, -0.25) is 14.9 Å². The Kier molecular flexibility index (Phi) is 8.55. The first-order chi connectivity index (χ1) is 16.0. The van der Waals surface area contributed by atoms with Gasteiger partial charge in [0.15, 0.2) is 5.11 Å². The molecule has 7 heteroatoms. The molecule has 0 atom stereocenters. The Morgan fingerprint density at radius 3 is 2.45 bits per heavy atom. The van der Waals surface area contributed by atoms with E-state index >= 15 is 0 Å². The van der Waals surface area contributed by atoms with E-state index in [9.17, 15) is 9.59 Å². The van der Waals surface area contributed by atoms with Crippen molar-refractivity contribution >= 4 is 34.8 Å². The number of carbonyl (C=O) groups excluding carboxylic acids is 2. The summed E-state index contributed by atoms with van der Waals surface area (Å²) in [4.78, 5) is 27.2. The van der Waals surface area contributed by atoms with E-state index in [1.54, 1.807) is 54.4 Å². The van der Waals surface area contributed by atoms with Crippen LogP contribution in [-0.4, -0.2) is 35.5 Å². The van der Waals surface area contributed by atoms with Gasteiger partial charge in [-0.15, -0.1) is 0 Å². The zero-order valence-corrected chi connectivity index (χ0v) is 19.5. The average Bonchev–Trinajstić information content (AvgIpc) is 2.83. The van der Waals surface area contributed by atoms with Crippen molar-refractivity contribution in [2.75, 3.05) is 19.0 Å². The molecule has 0 fully saturated rings. The Morgan fingerprint density at radius 2 is 1.70 bits per heavy atom. The fourth-order valence-electron chi connectivity index (χ4n) is 3.20. The monoisotopic (exact) mass is 461 g/mol. The molecule has 0 aliphatic heterocycles. The van der Waals surface area contributed by atoms with Crippen molar-refractivity contribution in [1.29, 1.82) is 0 Å². The Bertz CT molecular complexity index is 1120. The van der Waals surface area contributed by atoms with Crippen molar-refractivity contribution in [2.24, 2.45) is 0 Å². The number of nitrogens with zero attached hydrogens (tertiary/aromatic N) is 1. The van der Waals surface area contributed by atoms with Gasteiger partial charge in [0, 0.05) is 24.8 Å². The Hall–Kier alpha value is -3.71. The molecule has 0 saturated carbocycles. The number of anilines is 1. The molecule has 0 radical (unpaired) electrons. The summed E-state index contributed by atoms with van der Waals surface area (Å²) in [5.74, 6) is 0.0298. The van der Waals surface area contributed by atoms with Crippen molar-refractivity contribution in [1.82, 2.24) is 10.2 Å². The highest BCUT2D eigenvalue weighted by Gasteiger charge is 2.15. The number of carbonyl (C=O) groups is 2. The molecule has 0 aliphatic rings. The van der Waals surface area contributed by atoms with Crippen LogP contribution in [0.25, 0.3) is 0 Å². The standard InChI is InChI=1S/C26H27N3O3S/c1-3-16-32-23-15-8-7-14-22(23)24(30)28-26(33)27-21-13-9-12-20(17-21)25(31)29(2)18-19-10-5-4-6-11-19/h4-15,17H,3,16,18H2,1-2H3,(H2,27,28,30,33). The minimum absolute atomic E-state index is 0.112. The topological polar surface area (TPSA) is 70.7 Å². The number of para-hydroxylation sites is 1. The lowest BCUT2D eigenvalue weighted by Crippen LogP contribution is -2.34. The molecular formula is C26H27N3O3S. The van der Waals surface area contributed by atoms with E-state index in [1.807, 2.05) is 43.3 Å². The highest BCUT2D eigenvalue weighted by atomic mass is 32.1.